The van der Waals surface area contributed by atoms with Gasteiger partial charge >= 0.3 is 5.97 Å². The molecule has 0 spiro atoms. The lowest BCUT2D eigenvalue weighted by atomic mass is 9.99. The summed E-state index contributed by atoms with van der Waals surface area (Å²) in [4.78, 5) is 11.7. The molecule has 0 N–H and O–H groups in total. The molecule has 202 valence electrons. The van der Waals surface area contributed by atoms with Crippen LogP contribution in [-0.4, -0.2) is 38.0 Å². The van der Waals surface area contributed by atoms with Crippen molar-refractivity contribution in [3.8, 4) is 0 Å². The fourth-order valence-corrected chi connectivity index (χ4v) is 6.72. The first kappa shape index (κ1) is 32.0. The van der Waals surface area contributed by atoms with Gasteiger partial charge in [-0.3, -0.25) is 4.79 Å². The zero-order valence-corrected chi connectivity index (χ0v) is 25.7. The van der Waals surface area contributed by atoms with E-state index in [-0.39, 0.29) is 28.5 Å². The lowest BCUT2D eigenvalue weighted by Crippen LogP contribution is -2.51. The lowest BCUT2D eigenvalue weighted by Gasteiger charge is -2.42. The summed E-state index contributed by atoms with van der Waals surface area (Å²) in [6.07, 6.45) is 25.1. The van der Waals surface area contributed by atoms with Gasteiger partial charge in [0, 0.05) is 12.5 Å². The van der Waals surface area contributed by atoms with Crippen LogP contribution in [0.1, 0.15) is 137 Å². The normalized spacial score (nSPS) is 19.7. The third kappa shape index (κ3) is 12.8. The van der Waals surface area contributed by atoms with Crippen LogP contribution < -0.4 is 0 Å². The van der Waals surface area contributed by atoms with Gasteiger partial charge in [-0.15, -0.1) is 11.8 Å². The van der Waals surface area contributed by atoms with Crippen molar-refractivity contribution in [1.29, 1.82) is 0 Å². The molecule has 5 heteroatoms. The molecule has 0 bridgehead atoms. The van der Waals surface area contributed by atoms with Crippen molar-refractivity contribution >= 4 is 26.0 Å². The molecule has 3 nitrogen and oxygen atoms in total. The fraction of sp³-hybridized carbons (Fsp3) is 0.966. The quantitative estimate of drug-likeness (QED) is 0.0867. The molecule has 1 saturated heterocycles. The van der Waals surface area contributed by atoms with Crippen molar-refractivity contribution in [2.75, 3.05) is 6.26 Å². The van der Waals surface area contributed by atoms with Gasteiger partial charge in [-0.1, -0.05) is 124 Å². The summed E-state index contributed by atoms with van der Waals surface area (Å²) in [6, 6.07) is 0. The second kappa shape index (κ2) is 17.5. The molecule has 34 heavy (non-hydrogen) atoms. The highest BCUT2D eigenvalue weighted by Crippen LogP contribution is 2.39. The first-order chi connectivity index (χ1) is 16.1. The predicted octanol–water partition coefficient (Wildman–Crippen LogP) is 9.69. The molecule has 2 unspecified atom stereocenters. The summed E-state index contributed by atoms with van der Waals surface area (Å²) in [6.45, 7) is 13.9. The summed E-state index contributed by atoms with van der Waals surface area (Å²) >= 11 is 1.62. The summed E-state index contributed by atoms with van der Waals surface area (Å²) in [7, 11) is -1.83. The van der Waals surface area contributed by atoms with Crippen molar-refractivity contribution in [2.45, 2.75) is 172 Å². The molecule has 0 saturated carbocycles. The van der Waals surface area contributed by atoms with Crippen molar-refractivity contribution in [3.05, 3.63) is 0 Å². The van der Waals surface area contributed by atoms with E-state index in [1.807, 2.05) is 6.26 Å². The first-order valence-corrected chi connectivity index (χ1v) is 18.7. The molecule has 0 aliphatic carbocycles. The van der Waals surface area contributed by atoms with Gasteiger partial charge in [-0.05, 0) is 30.8 Å². The van der Waals surface area contributed by atoms with Crippen LogP contribution in [0.2, 0.25) is 18.1 Å². The first-order valence-electron chi connectivity index (χ1n) is 14.5. The maximum atomic E-state index is 11.7. The zero-order chi connectivity index (χ0) is 25.5. The highest BCUT2D eigenvalue weighted by Gasteiger charge is 2.45. The van der Waals surface area contributed by atoms with Gasteiger partial charge in [0.05, 0.1) is 0 Å². The summed E-state index contributed by atoms with van der Waals surface area (Å²) in [5, 5.41) is 0.210. The van der Waals surface area contributed by atoms with Gasteiger partial charge in [-0.2, -0.15) is 0 Å². The smallest absolute Gasteiger partial charge is 0.323 e. The molecule has 0 amide bonds. The van der Waals surface area contributed by atoms with E-state index in [1.54, 1.807) is 11.8 Å². The van der Waals surface area contributed by atoms with Crippen molar-refractivity contribution in [2.24, 2.45) is 0 Å². The highest BCUT2D eigenvalue weighted by molar-refractivity contribution is 8.00. The fourth-order valence-electron chi connectivity index (χ4n) is 4.60. The van der Waals surface area contributed by atoms with Crippen LogP contribution >= 0.6 is 11.8 Å². The van der Waals surface area contributed by atoms with E-state index in [0.717, 1.165) is 12.8 Å². The molecule has 0 radical (unpaired) electrons. The average molecular weight is 515 g/mol. The van der Waals surface area contributed by atoms with E-state index in [4.69, 9.17) is 9.16 Å². The Kier molecular flexibility index (Phi) is 16.4. The number of unbranched alkanes of at least 4 members (excludes halogenated alkanes) is 14. The Morgan fingerprint density at radius 1 is 0.853 bits per heavy atom. The van der Waals surface area contributed by atoms with E-state index >= 15 is 0 Å². The summed E-state index contributed by atoms with van der Waals surface area (Å²) in [5.74, 6) is -0.0458. The predicted molar refractivity (Wildman–Crippen MR) is 153 cm³/mol. The Morgan fingerprint density at radius 3 is 1.68 bits per heavy atom. The van der Waals surface area contributed by atoms with Gasteiger partial charge in [0.1, 0.15) is 11.4 Å². The minimum absolute atomic E-state index is 0.00609. The van der Waals surface area contributed by atoms with Crippen molar-refractivity contribution in [1.82, 2.24) is 0 Å². The van der Waals surface area contributed by atoms with E-state index in [1.165, 1.54) is 96.3 Å². The van der Waals surface area contributed by atoms with Crippen LogP contribution in [0.3, 0.4) is 0 Å². The number of carbonyl (C=O) groups excluding carboxylic acids is 1. The summed E-state index contributed by atoms with van der Waals surface area (Å²) in [5.41, 5.74) is 0. The van der Waals surface area contributed by atoms with E-state index < -0.39 is 8.32 Å². The van der Waals surface area contributed by atoms with Crippen LogP contribution in [0, 0.1) is 0 Å². The molecular weight excluding hydrogens is 456 g/mol. The second-order valence-corrected chi connectivity index (χ2v) is 17.8. The maximum Gasteiger partial charge on any atom is 0.323 e. The summed E-state index contributed by atoms with van der Waals surface area (Å²) < 4.78 is 12.3. The number of hydrogen-bond acceptors (Lipinski definition) is 4. The number of cyclic esters (lactones) is 1. The van der Waals surface area contributed by atoms with Crippen molar-refractivity contribution < 1.29 is 14.0 Å². The number of thioether (sulfide) groups is 1. The van der Waals surface area contributed by atoms with Crippen LogP contribution in [0.15, 0.2) is 0 Å². The SMILES string of the molecule is CCCCCCCCCCCCCCCCC[C@@H](CC1OC(=O)C1SC)O[Si](C)(C)C(C)(C)C. The maximum absolute atomic E-state index is 11.7. The van der Waals surface area contributed by atoms with Gasteiger partial charge in [0.2, 0.25) is 0 Å². The Morgan fingerprint density at radius 2 is 1.29 bits per heavy atom. The van der Waals surface area contributed by atoms with Crippen LogP contribution in [-0.2, 0) is 14.0 Å². The molecule has 1 aliphatic rings. The number of rotatable bonds is 21. The highest BCUT2D eigenvalue weighted by atomic mass is 32.2. The van der Waals surface area contributed by atoms with Crippen LogP contribution in [0.5, 0.6) is 0 Å². The Labute approximate surface area is 218 Å². The molecule has 0 aromatic heterocycles. The number of carbonyl (C=O) groups is 1. The molecule has 1 fully saturated rings. The average Bonchev–Trinajstić information content (AvgIpc) is 2.75. The minimum Gasteiger partial charge on any atom is -0.460 e. The van der Waals surface area contributed by atoms with Crippen LogP contribution in [0.4, 0.5) is 0 Å². The molecule has 1 rings (SSSR count). The second-order valence-electron chi connectivity index (χ2n) is 12.1. The Hall–Kier alpha value is -0.00312. The van der Waals surface area contributed by atoms with Gasteiger partial charge < -0.3 is 9.16 Å². The molecule has 3 atom stereocenters. The van der Waals surface area contributed by atoms with Gasteiger partial charge in [-0.25, -0.2) is 0 Å². The van der Waals surface area contributed by atoms with E-state index in [9.17, 15) is 4.79 Å². The standard InChI is InChI=1S/C29H58O3SSi/c1-8-9-10-11-12-13-14-15-16-17-18-19-20-21-22-23-25(32-34(6,7)29(2,3)4)24-26-27(33-5)28(30)31-26/h25-27H,8-24H2,1-7H3/t25-,26?,27?/m0/s1. The van der Waals surface area contributed by atoms with Crippen molar-refractivity contribution in [3.63, 3.8) is 0 Å². The lowest BCUT2D eigenvalue weighted by molar-refractivity contribution is -0.169. The number of hydrogen-bond donors (Lipinski definition) is 0. The van der Waals surface area contributed by atoms with E-state index in [2.05, 4.69) is 40.8 Å². The molecule has 0 aromatic carbocycles. The van der Waals surface area contributed by atoms with Gasteiger partial charge in [0.25, 0.3) is 0 Å². The molecule has 1 heterocycles. The topological polar surface area (TPSA) is 35.5 Å². The third-order valence-electron chi connectivity index (χ3n) is 7.98. The third-order valence-corrected chi connectivity index (χ3v) is 13.5. The Bertz CT molecular complexity index is 532. The molecule has 1 aliphatic heterocycles. The largest absolute Gasteiger partial charge is 0.460 e. The molecular formula is C29H58O3SSi. The Balaban J connectivity index is 2.18. The minimum atomic E-state index is -1.83. The monoisotopic (exact) mass is 514 g/mol. The molecule has 0 aromatic rings. The zero-order valence-electron chi connectivity index (χ0n) is 23.9. The number of esters is 1. The van der Waals surface area contributed by atoms with Crippen LogP contribution in [0.25, 0.3) is 0 Å². The van der Waals surface area contributed by atoms with E-state index in [0.29, 0.717) is 0 Å². The number of ether oxygens (including phenoxy) is 1. The van der Waals surface area contributed by atoms with Gasteiger partial charge in [0.15, 0.2) is 8.32 Å².